The smallest absolute Gasteiger partial charge is 0.218 e. The molecule has 0 saturated carbocycles. The average molecular weight is 301 g/mol. The van der Waals surface area contributed by atoms with Crippen LogP contribution in [0.15, 0.2) is 95.2 Å². The van der Waals surface area contributed by atoms with Crippen molar-refractivity contribution in [2.24, 2.45) is 10.2 Å². The standard InChI is InChI=1S/C19H15N3O/c23-15-22(18-9-5-2-6-10-18)19-13-11-17(12-14-19)21-20-16-7-3-1-4-8-16/h1-15H/b21-20+. The summed E-state index contributed by atoms with van der Waals surface area (Å²) in [5.74, 6) is 0. The van der Waals surface area contributed by atoms with Gasteiger partial charge in [-0.1, -0.05) is 36.4 Å². The van der Waals surface area contributed by atoms with Crippen molar-refractivity contribution >= 4 is 29.2 Å². The zero-order valence-electron chi connectivity index (χ0n) is 12.4. The lowest BCUT2D eigenvalue weighted by Crippen LogP contribution is -2.13. The maximum Gasteiger partial charge on any atom is 0.218 e. The van der Waals surface area contributed by atoms with Crippen molar-refractivity contribution in [1.82, 2.24) is 0 Å². The molecule has 0 heterocycles. The molecule has 112 valence electrons. The predicted octanol–water partition coefficient (Wildman–Crippen LogP) is 5.40. The van der Waals surface area contributed by atoms with E-state index in [1.165, 1.54) is 0 Å². The first-order chi connectivity index (χ1) is 11.4. The van der Waals surface area contributed by atoms with E-state index < -0.39 is 0 Å². The summed E-state index contributed by atoms with van der Waals surface area (Å²) in [6.07, 6.45) is 0.801. The second kappa shape index (κ2) is 7.13. The van der Waals surface area contributed by atoms with E-state index in [0.717, 1.165) is 29.2 Å². The van der Waals surface area contributed by atoms with E-state index in [-0.39, 0.29) is 0 Å². The Balaban J connectivity index is 1.79. The van der Waals surface area contributed by atoms with Crippen LogP contribution < -0.4 is 4.90 Å². The predicted molar refractivity (Wildman–Crippen MR) is 91.7 cm³/mol. The van der Waals surface area contributed by atoms with Gasteiger partial charge in [0.2, 0.25) is 6.41 Å². The van der Waals surface area contributed by atoms with E-state index in [4.69, 9.17) is 0 Å². The van der Waals surface area contributed by atoms with E-state index >= 15 is 0 Å². The monoisotopic (exact) mass is 301 g/mol. The van der Waals surface area contributed by atoms with E-state index in [2.05, 4.69) is 10.2 Å². The van der Waals surface area contributed by atoms with Gasteiger partial charge in [-0.3, -0.25) is 9.69 Å². The molecule has 0 fully saturated rings. The van der Waals surface area contributed by atoms with Gasteiger partial charge in [-0.15, -0.1) is 0 Å². The second-order valence-electron chi connectivity index (χ2n) is 4.86. The molecule has 0 spiro atoms. The third kappa shape index (κ3) is 3.68. The van der Waals surface area contributed by atoms with Gasteiger partial charge in [-0.25, -0.2) is 0 Å². The SMILES string of the molecule is O=CN(c1ccccc1)c1ccc(/N=N/c2ccccc2)cc1. The number of para-hydroxylation sites is 1. The van der Waals surface area contributed by atoms with Crippen LogP contribution in [0, 0.1) is 0 Å². The summed E-state index contributed by atoms with van der Waals surface area (Å²) in [7, 11) is 0. The first kappa shape index (κ1) is 14.7. The number of hydrogen-bond acceptors (Lipinski definition) is 3. The molecule has 0 unspecified atom stereocenters. The van der Waals surface area contributed by atoms with Crippen LogP contribution in [-0.4, -0.2) is 6.41 Å². The van der Waals surface area contributed by atoms with Crippen LogP contribution >= 0.6 is 0 Å². The van der Waals surface area contributed by atoms with E-state index in [9.17, 15) is 4.79 Å². The van der Waals surface area contributed by atoms with Crippen molar-refractivity contribution in [1.29, 1.82) is 0 Å². The normalized spacial score (nSPS) is 10.6. The summed E-state index contributed by atoms with van der Waals surface area (Å²) in [4.78, 5) is 13.0. The quantitative estimate of drug-likeness (QED) is 0.460. The first-order valence-corrected chi connectivity index (χ1v) is 7.23. The Morgan fingerprint density at radius 2 is 1.09 bits per heavy atom. The van der Waals surface area contributed by atoms with Crippen LogP contribution in [0.3, 0.4) is 0 Å². The molecule has 0 bridgehead atoms. The van der Waals surface area contributed by atoms with Gasteiger partial charge in [0.05, 0.1) is 11.4 Å². The van der Waals surface area contributed by atoms with Gasteiger partial charge in [-0.05, 0) is 48.5 Å². The van der Waals surface area contributed by atoms with Crippen LogP contribution in [-0.2, 0) is 4.79 Å². The number of carbonyl (C=O) groups excluding carboxylic acids is 1. The summed E-state index contributed by atoms with van der Waals surface area (Å²) < 4.78 is 0. The molecule has 0 atom stereocenters. The maximum atomic E-state index is 11.4. The zero-order chi connectivity index (χ0) is 15.9. The number of hydrogen-bond donors (Lipinski definition) is 0. The summed E-state index contributed by atoms with van der Waals surface area (Å²) >= 11 is 0. The van der Waals surface area contributed by atoms with E-state index in [1.54, 1.807) is 4.90 Å². The van der Waals surface area contributed by atoms with Gasteiger partial charge in [0.15, 0.2) is 0 Å². The lowest BCUT2D eigenvalue weighted by molar-refractivity contribution is -0.106. The fraction of sp³-hybridized carbons (Fsp3) is 0. The number of amides is 1. The number of anilines is 2. The second-order valence-corrected chi connectivity index (χ2v) is 4.86. The molecule has 0 radical (unpaired) electrons. The van der Waals surface area contributed by atoms with Crippen molar-refractivity contribution in [3.8, 4) is 0 Å². The number of nitrogens with zero attached hydrogens (tertiary/aromatic N) is 3. The molecule has 4 heteroatoms. The summed E-state index contributed by atoms with van der Waals surface area (Å²) in [5.41, 5.74) is 3.14. The molecule has 0 N–H and O–H groups in total. The van der Waals surface area contributed by atoms with E-state index in [0.29, 0.717) is 0 Å². The third-order valence-electron chi connectivity index (χ3n) is 3.30. The van der Waals surface area contributed by atoms with Gasteiger partial charge in [0.1, 0.15) is 0 Å². The lowest BCUT2D eigenvalue weighted by Gasteiger charge is -2.17. The Hall–Kier alpha value is -3.27. The van der Waals surface area contributed by atoms with Gasteiger partial charge in [0, 0.05) is 11.4 Å². The van der Waals surface area contributed by atoms with Crippen molar-refractivity contribution < 1.29 is 4.79 Å². The molecular weight excluding hydrogens is 286 g/mol. The number of benzene rings is 3. The van der Waals surface area contributed by atoms with Gasteiger partial charge >= 0.3 is 0 Å². The maximum absolute atomic E-state index is 11.4. The van der Waals surface area contributed by atoms with Crippen LogP contribution in [0.5, 0.6) is 0 Å². The lowest BCUT2D eigenvalue weighted by atomic mass is 10.2. The Morgan fingerprint density at radius 1 is 0.609 bits per heavy atom. The molecule has 0 aliphatic rings. The van der Waals surface area contributed by atoms with Crippen LogP contribution in [0.1, 0.15) is 0 Å². The van der Waals surface area contributed by atoms with Crippen molar-refractivity contribution in [2.75, 3.05) is 4.90 Å². The minimum Gasteiger partial charge on any atom is -0.284 e. The zero-order valence-corrected chi connectivity index (χ0v) is 12.4. The van der Waals surface area contributed by atoms with Gasteiger partial charge < -0.3 is 0 Å². The Labute approximate surface area is 134 Å². The molecule has 0 aliphatic carbocycles. The first-order valence-electron chi connectivity index (χ1n) is 7.23. The minimum absolute atomic E-state index is 0.733. The molecule has 23 heavy (non-hydrogen) atoms. The molecule has 0 aromatic heterocycles. The number of rotatable bonds is 5. The summed E-state index contributed by atoms with van der Waals surface area (Å²) in [6, 6.07) is 26.4. The molecule has 1 amide bonds. The number of carbonyl (C=O) groups is 1. The molecule has 0 saturated heterocycles. The Bertz CT molecular complexity index is 784. The fourth-order valence-corrected chi connectivity index (χ4v) is 2.15. The van der Waals surface area contributed by atoms with Crippen LogP contribution in [0.4, 0.5) is 22.7 Å². The average Bonchev–Trinajstić information content (AvgIpc) is 2.63. The molecule has 4 nitrogen and oxygen atoms in total. The van der Waals surface area contributed by atoms with Gasteiger partial charge in [0.25, 0.3) is 0 Å². The van der Waals surface area contributed by atoms with Crippen molar-refractivity contribution in [2.45, 2.75) is 0 Å². The topological polar surface area (TPSA) is 45.0 Å². The summed E-state index contributed by atoms with van der Waals surface area (Å²) in [6.45, 7) is 0. The number of azo groups is 1. The molecular formula is C19H15N3O. The van der Waals surface area contributed by atoms with Gasteiger partial charge in [-0.2, -0.15) is 10.2 Å². The Morgan fingerprint density at radius 3 is 1.65 bits per heavy atom. The van der Waals surface area contributed by atoms with Crippen LogP contribution in [0.25, 0.3) is 0 Å². The highest BCUT2D eigenvalue weighted by molar-refractivity contribution is 5.86. The van der Waals surface area contributed by atoms with E-state index in [1.807, 2.05) is 84.9 Å². The van der Waals surface area contributed by atoms with Crippen LogP contribution in [0.2, 0.25) is 0 Å². The molecule has 3 aromatic rings. The molecule has 3 rings (SSSR count). The minimum atomic E-state index is 0.733. The Kier molecular flexibility index (Phi) is 4.55. The molecule has 0 aliphatic heterocycles. The highest BCUT2D eigenvalue weighted by Gasteiger charge is 2.07. The molecule has 3 aromatic carbocycles. The fourth-order valence-electron chi connectivity index (χ4n) is 2.15. The highest BCUT2D eigenvalue weighted by atomic mass is 16.1. The van der Waals surface area contributed by atoms with Crippen molar-refractivity contribution in [3.63, 3.8) is 0 Å². The largest absolute Gasteiger partial charge is 0.284 e. The van der Waals surface area contributed by atoms with Crippen molar-refractivity contribution in [3.05, 3.63) is 84.9 Å². The third-order valence-corrected chi connectivity index (χ3v) is 3.30. The summed E-state index contributed by atoms with van der Waals surface area (Å²) in [5, 5.41) is 8.36. The highest BCUT2D eigenvalue weighted by Crippen LogP contribution is 2.26.